The fraction of sp³-hybridized carbons (Fsp3) is 0.500. The first-order valence-corrected chi connectivity index (χ1v) is 10.1. The molecule has 1 fully saturated rings. The van der Waals surface area contributed by atoms with E-state index in [1.165, 1.54) is 16.4 Å². The molecule has 1 heterocycles. The van der Waals surface area contributed by atoms with Crippen molar-refractivity contribution in [2.45, 2.75) is 43.9 Å². The fourth-order valence-electron chi connectivity index (χ4n) is 2.75. The second kappa shape index (κ2) is 9.01. The molecule has 25 heavy (non-hydrogen) atoms. The molecular formula is C18H26N2O4S. The van der Waals surface area contributed by atoms with E-state index in [1.54, 1.807) is 12.1 Å². The van der Waals surface area contributed by atoms with Gasteiger partial charge in [-0.1, -0.05) is 12.5 Å². The van der Waals surface area contributed by atoms with Gasteiger partial charge in [-0.25, -0.2) is 8.42 Å². The maximum atomic E-state index is 12.8. The van der Waals surface area contributed by atoms with Crippen LogP contribution in [0.25, 0.3) is 0 Å². The van der Waals surface area contributed by atoms with Crippen molar-refractivity contribution in [2.75, 3.05) is 25.0 Å². The minimum absolute atomic E-state index is 0.178. The largest absolute Gasteiger partial charge is 0.492 e. The Kier molecular flexibility index (Phi) is 7.01. The van der Waals surface area contributed by atoms with Gasteiger partial charge in [-0.3, -0.25) is 4.79 Å². The molecule has 1 aromatic carbocycles. The number of carbonyl (C=O) groups is 1. The predicted molar refractivity (Wildman–Crippen MR) is 98.3 cm³/mol. The SMILES string of the molecule is C=CCCC(=O)Nc1cc(S(=O)(=O)N2CCCCC2)ccc1OCC. The molecule has 1 saturated heterocycles. The van der Waals surface area contributed by atoms with E-state index in [0.29, 0.717) is 37.6 Å². The zero-order valence-electron chi connectivity index (χ0n) is 14.7. The van der Waals surface area contributed by atoms with Gasteiger partial charge < -0.3 is 10.1 Å². The Morgan fingerprint density at radius 1 is 1.32 bits per heavy atom. The molecule has 1 aromatic rings. The molecule has 138 valence electrons. The molecular weight excluding hydrogens is 340 g/mol. The Hall–Kier alpha value is -1.86. The number of nitrogens with zero attached hydrogens (tertiary/aromatic N) is 1. The number of piperidine rings is 1. The Balaban J connectivity index is 2.28. The number of hydrogen-bond acceptors (Lipinski definition) is 4. The van der Waals surface area contributed by atoms with E-state index in [2.05, 4.69) is 11.9 Å². The van der Waals surface area contributed by atoms with Gasteiger partial charge in [-0.2, -0.15) is 4.31 Å². The first kappa shape index (κ1) is 19.5. The van der Waals surface area contributed by atoms with Gasteiger partial charge in [0.25, 0.3) is 0 Å². The topological polar surface area (TPSA) is 75.7 Å². The number of rotatable bonds is 8. The van der Waals surface area contributed by atoms with Crippen LogP contribution in [-0.4, -0.2) is 38.3 Å². The first-order chi connectivity index (χ1) is 12.0. The van der Waals surface area contributed by atoms with Gasteiger partial charge in [-0.05, 0) is 44.4 Å². The van der Waals surface area contributed by atoms with Crippen LogP contribution in [0.3, 0.4) is 0 Å². The van der Waals surface area contributed by atoms with E-state index in [4.69, 9.17) is 4.74 Å². The average molecular weight is 366 g/mol. The summed E-state index contributed by atoms with van der Waals surface area (Å²) in [7, 11) is -3.56. The van der Waals surface area contributed by atoms with Gasteiger partial charge in [-0.15, -0.1) is 6.58 Å². The van der Waals surface area contributed by atoms with Gasteiger partial charge in [0.2, 0.25) is 15.9 Å². The van der Waals surface area contributed by atoms with Crippen molar-refractivity contribution in [3.8, 4) is 5.75 Å². The van der Waals surface area contributed by atoms with Gasteiger partial charge in [0, 0.05) is 19.5 Å². The maximum Gasteiger partial charge on any atom is 0.243 e. The molecule has 0 spiro atoms. The molecule has 0 unspecified atom stereocenters. The molecule has 0 radical (unpaired) electrons. The molecule has 1 aliphatic rings. The quantitative estimate of drug-likeness (QED) is 0.717. The van der Waals surface area contributed by atoms with Crippen molar-refractivity contribution >= 4 is 21.6 Å². The summed E-state index contributed by atoms with van der Waals surface area (Å²) in [6.07, 6.45) is 5.32. The highest BCUT2D eigenvalue weighted by Gasteiger charge is 2.27. The zero-order chi connectivity index (χ0) is 18.3. The Morgan fingerprint density at radius 3 is 2.68 bits per heavy atom. The number of nitrogens with one attached hydrogen (secondary N) is 1. The van der Waals surface area contributed by atoms with Gasteiger partial charge >= 0.3 is 0 Å². The second-order valence-electron chi connectivity index (χ2n) is 5.93. The highest BCUT2D eigenvalue weighted by atomic mass is 32.2. The summed E-state index contributed by atoms with van der Waals surface area (Å²) in [5.74, 6) is 0.264. The molecule has 1 amide bonds. The molecule has 7 heteroatoms. The number of amides is 1. The fourth-order valence-corrected chi connectivity index (χ4v) is 4.29. The lowest BCUT2D eigenvalue weighted by Gasteiger charge is -2.26. The van der Waals surface area contributed by atoms with Crippen LogP contribution in [0.2, 0.25) is 0 Å². The van der Waals surface area contributed by atoms with E-state index in [9.17, 15) is 13.2 Å². The third-order valence-corrected chi connectivity index (χ3v) is 5.95. The van der Waals surface area contributed by atoms with Crippen LogP contribution in [0.5, 0.6) is 5.75 Å². The average Bonchev–Trinajstić information content (AvgIpc) is 2.62. The molecule has 0 aromatic heterocycles. The smallest absolute Gasteiger partial charge is 0.243 e. The van der Waals surface area contributed by atoms with Gasteiger partial charge in [0.1, 0.15) is 5.75 Å². The predicted octanol–water partition coefficient (Wildman–Crippen LogP) is 3.16. The minimum atomic E-state index is -3.56. The van der Waals surface area contributed by atoms with Crippen LogP contribution >= 0.6 is 0 Å². The first-order valence-electron chi connectivity index (χ1n) is 8.66. The lowest BCUT2D eigenvalue weighted by Crippen LogP contribution is -2.35. The number of allylic oxidation sites excluding steroid dienone is 1. The number of sulfonamides is 1. The third-order valence-electron chi connectivity index (χ3n) is 4.05. The highest BCUT2D eigenvalue weighted by molar-refractivity contribution is 7.89. The molecule has 6 nitrogen and oxygen atoms in total. The highest BCUT2D eigenvalue weighted by Crippen LogP contribution is 2.30. The monoisotopic (exact) mass is 366 g/mol. The lowest BCUT2D eigenvalue weighted by molar-refractivity contribution is -0.116. The Bertz CT molecular complexity index is 710. The van der Waals surface area contributed by atoms with Crippen LogP contribution < -0.4 is 10.1 Å². The number of benzene rings is 1. The van der Waals surface area contributed by atoms with E-state index in [1.807, 2.05) is 6.92 Å². The summed E-state index contributed by atoms with van der Waals surface area (Å²) in [6, 6.07) is 4.62. The van der Waals surface area contributed by atoms with Gasteiger partial charge in [0.05, 0.1) is 17.2 Å². The van der Waals surface area contributed by atoms with Crippen molar-refractivity contribution in [2.24, 2.45) is 0 Å². The summed E-state index contributed by atoms with van der Waals surface area (Å²) >= 11 is 0. The molecule has 0 bridgehead atoms. The summed E-state index contributed by atoms with van der Waals surface area (Å²) < 4.78 is 32.7. The van der Waals surface area contributed by atoms with Crippen LogP contribution in [0.1, 0.15) is 39.0 Å². The van der Waals surface area contributed by atoms with Crippen LogP contribution in [0.4, 0.5) is 5.69 Å². The summed E-state index contributed by atoms with van der Waals surface area (Å²) in [5, 5.41) is 2.75. The van der Waals surface area contributed by atoms with Crippen LogP contribution in [0, 0.1) is 0 Å². The van der Waals surface area contributed by atoms with Crippen LogP contribution in [-0.2, 0) is 14.8 Å². The maximum absolute atomic E-state index is 12.8. The Labute approximate surface area is 149 Å². The number of ether oxygens (including phenoxy) is 1. The minimum Gasteiger partial charge on any atom is -0.492 e. The molecule has 1 aliphatic heterocycles. The third kappa shape index (κ3) is 5.06. The summed E-state index contributed by atoms with van der Waals surface area (Å²) in [5.41, 5.74) is 0.383. The zero-order valence-corrected chi connectivity index (χ0v) is 15.5. The number of hydrogen-bond donors (Lipinski definition) is 1. The van der Waals surface area contributed by atoms with Crippen molar-refractivity contribution in [3.05, 3.63) is 30.9 Å². The number of carbonyl (C=O) groups excluding carboxylic acids is 1. The van der Waals surface area contributed by atoms with Crippen molar-refractivity contribution in [1.29, 1.82) is 0 Å². The molecule has 2 rings (SSSR count). The lowest BCUT2D eigenvalue weighted by atomic mass is 10.2. The molecule has 0 saturated carbocycles. The molecule has 0 aliphatic carbocycles. The van der Waals surface area contributed by atoms with E-state index in [-0.39, 0.29) is 17.2 Å². The number of anilines is 1. The van der Waals surface area contributed by atoms with Gasteiger partial charge in [0.15, 0.2) is 0 Å². The molecule has 0 atom stereocenters. The Morgan fingerprint density at radius 2 is 2.04 bits per heavy atom. The van der Waals surface area contributed by atoms with E-state index in [0.717, 1.165) is 19.3 Å². The van der Waals surface area contributed by atoms with E-state index >= 15 is 0 Å². The van der Waals surface area contributed by atoms with Crippen LogP contribution in [0.15, 0.2) is 35.7 Å². The standard InChI is InChI=1S/C18H26N2O4S/c1-3-5-9-18(21)19-16-14-15(10-11-17(16)24-4-2)25(22,23)20-12-7-6-8-13-20/h3,10-11,14H,1,4-9,12-13H2,2H3,(H,19,21). The van der Waals surface area contributed by atoms with Crippen molar-refractivity contribution in [3.63, 3.8) is 0 Å². The van der Waals surface area contributed by atoms with Crippen molar-refractivity contribution < 1.29 is 17.9 Å². The molecule has 1 N–H and O–H groups in total. The van der Waals surface area contributed by atoms with Crippen molar-refractivity contribution in [1.82, 2.24) is 4.31 Å². The van der Waals surface area contributed by atoms with E-state index < -0.39 is 10.0 Å². The summed E-state index contributed by atoms with van der Waals surface area (Å²) in [6.45, 7) is 6.93. The normalized spacial score (nSPS) is 15.6. The second-order valence-corrected chi connectivity index (χ2v) is 7.87. The summed E-state index contributed by atoms with van der Waals surface area (Å²) in [4.78, 5) is 12.2.